The number of aliphatic hydroxyl groups is 1. The number of nitrogens with zero attached hydrogens (tertiary/aromatic N) is 2. The van der Waals surface area contributed by atoms with Gasteiger partial charge in [-0.15, -0.1) is 0 Å². The van der Waals surface area contributed by atoms with E-state index < -0.39 is 0 Å². The van der Waals surface area contributed by atoms with Crippen LogP contribution in [0.3, 0.4) is 0 Å². The summed E-state index contributed by atoms with van der Waals surface area (Å²) in [6.07, 6.45) is 1.67. The molecule has 0 saturated carbocycles. The van der Waals surface area contributed by atoms with Gasteiger partial charge in [0.25, 0.3) is 0 Å². The van der Waals surface area contributed by atoms with Gasteiger partial charge >= 0.3 is 0 Å². The summed E-state index contributed by atoms with van der Waals surface area (Å²) < 4.78 is 0. The molecule has 0 spiro atoms. The van der Waals surface area contributed by atoms with Gasteiger partial charge in [-0.2, -0.15) is 0 Å². The fraction of sp³-hybridized carbons (Fsp3) is 0.400. The lowest BCUT2D eigenvalue weighted by Crippen LogP contribution is -2.38. The van der Waals surface area contributed by atoms with Crippen molar-refractivity contribution >= 4 is 22.3 Å². The third-order valence-corrected chi connectivity index (χ3v) is 3.68. The minimum absolute atomic E-state index is 0.238. The molecule has 1 aliphatic rings. The van der Waals surface area contributed by atoms with Crippen LogP contribution in [0, 0.1) is 6.92 Å². The molecule has 3 N–H and O–H groups in total. The second-order valence-electron chi connectivity index (χ2n) is 5.30. The Hall–Kier alpha value is -1.81. The molecule has 0 aliphatic carbocycles. The number of nitrogen functional groups attached to an aromatic ring is 1. The van der Waals surface area contributed by atoms with Crippen LogP contribution < -0.4 is 10.6 Å². The van der Waals surface area contributed by atoms with Crippen LogP contribution in [0.15, 0.2) is 24.3 Å². The first-order valence-corrected chi connectivity index (χ1v) is 6.73. The highest BCUT2D eigenvalue weighted by Crippen LogP contribution is 2.30. The third kappa shape index (κ3) is 2.36. The normalized spacial score (nSPS) is 19.9. The maximum absolute atomic E-state index is 9.85. The van der Waals surface area contributed by atoms with Gasteiger partial charge < -0.3 is 15.7 Å². The standard InChI is InChI=1S/C15H19N3O/c1-10-7-15(18-6-2-3-12(19)9-18)13-8-11(16)4-5-14(13)17-10/h4-5,7-8,12,19H,2-3,6,9,16H2,1H3. The Morgan fingerprint density at radius 3 is 3.00 bits per heavy atom. The molecule has 2 aromatic rings. The lowest BCUT2D eigenvalue weighted by molar-refractivity contribution is 0.154. The van der Waals surface area contributed by atoms with Crippen molar-refractivity contribution in [1.82, 2.24) is 4.98 Å². The van der Waals surface area contributed by atoms with E-state index in [1.165, 1.54) is 0 Å². The molecule has 1 aromatic heterocycles. The average molecular weight is 257 g/mol. The van der Waals surface area contributed by atoms with Crippen molar-refractivity contribution < 1.29 is 5.11 Å². The van der Waals surface area contributed by atoms with E-state index in [0.717, 1.165) is 47.4 Å². The molecule has 1 aliphatic heterocycles. The Morgan fingerprint density at radius 2 is 2.21 bits per heavy atom. The minimum atomic E-state index is -0.238. The Balaban J connectivity index is 2.13. The lowest BCUT2D eigenvalue weighted by Gasteiger charge is -2.33. The van der Waals surface area contributed by atoms with Crippen molar-refractivity contribution in [3.63, 3.8) is 0 Å². The van der Waals surface area contributed by atoms with Gasteiger partial charge in [-0.25, -0.2) is 0 Å². The first-order chi connectivity index (χ1) is 9.13. The summed E-state index contributed by atoms with van der Waals surface area (Å²) in [5, 5.41) is 10.9. The lowest BCUT2D eigenvalue weighted by atomic mass is 10.1. The van der Waals surface area contributed by atoms with E-state index in [4.69, 9.17) is 5.73 Å². The van der Waals surface area contributed by atoms with Crippen LogP contribution in [0.25, 0.3) is 10.9 Å². The monoisotopic (exact) mass is 257 g/mol. The summed E-state index contributed by atoms with van der Waals surface area (Å²) in [5.41, 5.74) is 9.73. The van der Waals surface area contributed by atoms with Crippen LogP contribution in [0.4, 0.5) is 11.4 Å². The van der Waals surface area contributed by atoms with Crippen molar-refractivity contribution in [1.29, 1.82) is 0 Å². The first kappa shape index (κ1) is 12.2. The number of benzene rings is 1. The van der Waals surface area contributed by atoms with E-state index >= 15 is 0 Å². The second-order valence-corrected chi connectivity index (χ2v) is 5.30. The molecule has 2 heterocycles. The summed E-state index contributed by atoms with van der Waals surface area (Å²) in [7, 11) is 0. The van der Waals surface area contributed by atoms with Gasteiger partial charge in [0, 0.05) is 35.5 Å². The fourth-order valence-corrected chi connectivity index (χ4v) is 2.79. The number of anilines is 2. The zero-order valence-corrected chi connectivity index (χ0v) is 11.1. The van der Waals surface area contributed by atoms with Gasteiger partial charge in [-0.3, -0.25) is 4.98 Å². The average Bonchev–Trinajstić information content (AvgIpc) is 2.38. The van der Waals surface area contributed by atoms with E-state index in [0.29, 0.717) is 6.54 Å². The number of hydrogen-bond donors (Lipinski definition) is 2. The highest BCUT2D eigenvalue weighted by Gasteiger charge is 2.20. The van der Waals surface area contributed by atoms with Crippen molar-refractivity contribution in [2.24, 2.45) is 0 Å². The largest absolute Gasteiger partial charge is 0.399 e. The number of fused-ring (bicyclic) bond motifs is 1. The Labute approximate surface area is 112 Å². The van der Waals surface area contributed by atoms with Crippen LogP contribution in [-0.2, 0) is 0 Å². The number of β-amino-alcohol motifs (C(OH)–C–C–N with tert-alkyl or cyclic N) is 1. The van der Waals surface area contributed by atoms with Crippen LogP contribution in [0.5, 0.6) is 0 Å². The van der Waals surface area contributed by atoms with Crippen molar-refractivity contribution in [2.75, 3.05) is 23.7 Å². The number of aromatic nitrogens is 1. The quantitative estimate of drug-likeness (QED) is 0.768. The highest BCUT2D eigenvalue weighted by molar-refractivity contribution is 5.94. The fourth-order valence-electron chi connectivity index (χ4n) is 2.79. The van der Waals surface area contributed by atoms with E-state index in [-0.39, 0.29) is 6.10 Å². The Bertz CT molecular complexity index is 612. The number of nitrogens with two attached hydrogens (primary N) is 1. The third-order valence-electron chi connectivity index (χ3n) is 3.68. The molecule has 1 aromatic carbocycles. The molecule has 19 heavy (non-hydrogen) atoms. The van der Waals surface area contributed by atoms with Crippen LogP contribution in [0.2, 0.25) is 0 Å². The molecular formula is C15H19N3O. The molecule has 1 saturated heterocycles. The molecule has 4 nitrogen and oxygen atoms in total. The topological polar surface area (TPSA) is 62.4 Å². The number of hydrogen-bond acceptors (Lipinski definition) is 4. The van der Waals surface area contributed by atoms with Crippen molar-refractivity contribution in [3.8, 4) is 0 Å². The van der Waals surface area contributed by atoms with Gasteiger partial charge in [0.05, 0.1) is 11.6 Å². The van der Waals surface area contributed by atoms with E-state index in [9.17, 15) is 5.11 Å². The smallest absolute Gasteiger partial charge is 0.0727 e. The first-order valence-electron chi connectivity index (χ1n) is 6.73. The zero-order valence-electron chi connectivity index (χ0n) is 11.1. The molecule has 1 fully saturated rings. The summed E-state index contributed by atoms with van der Waals surface area (Å²) in [5.74, 6) is 0. The number of aliphatic hydroxyl groups excluding tert-OH is 1. The number of rotatable bonds is 1. The van der Waals surface area contributed by atoms with E-state index in [1.54, 1.807) is 0 Å². The van der Waals surface area contributed by atoms with Gasteiger partial charge in [0.2, 0.25) is 0 Å². The van der Waals surface area contributed by atoms with Crippen LogP contribution in [0.1, 0.15) is 18.5 Å². The minimum Gasteiger partial charge on any atom is -0.399 e. The predicted octanol–water partition coefficient (Wildman–Crippen LogP) is 2.09. The Kier molecular flexibility index (Phi) is 3.03. The van der Waals surface area contributed by atoms with Crippen LogP contribution in [-0.4, -0.2) is 29.3 Å². The van der Waals surface area contributed by atoms with Gasteiger partial charge in [-0.05, 0) is 44.0 Å². The van der Waals surface area contributed by atoms with Gasteiger partial charge in [0.1, 0.15) is 0 Å². The molecule has 0 bridgehead atoms. The molecule has 1 atom stereocenters. The highest BCUT2D eigenvalue weighted by atomic mass is 16.3. The molecular weight excluding hydrogens is 238 g/mol. The number of aryl methyl sites for hydroxylation is 1. The number of piperidine rings is 1. The van der Waals surface area contributed by atoms with Gasteiger partial charge in [0.15, 0.2) is 0 Å². The second kappa shape index (κ2) is 4.70. The SMILES string of the molecule is Cc1cc(N2CCCC(O)C2)c2cc(N)ccc2n1. The summed E-state index contributed by atoms with van der Waals surface area (Å²) in [6.45, 7) is 3.66. The summed E-state index contributed by atoms with van der Waals surface area (Å²) >= 11 is 0. The maximum atomic E-state index is 9.85. The van der Waals surface area contributed by atoms with Crippen molar-refractivity contribution in [3.05, 3.63) is 30.0 Å². The molecule has 0 amide bonds. The maximum Gasteiger partial charge on any atom is 0.0727 e. The van der Waals surface area contributed by atoms with Crippen LogP contribution >= 0.6 is 0 Å². The van der Waals surface area contributed by atoms with Gasteiger partial charge in [-0.1, -0.05) is 0 Å². The molecule has 3 rings (SSSR count). The molecule has 100 valence electrons. The molecule has 4 heteroatoms. The molecule has 0 radical (unpaired) electrons. The number of pyridine rings is 1. The predicted molar refractivity (Wildman–Crippen MR) is 78.3 cm³/mol. The summed E-state index contributed by atoms with van der Waals surface area (Å²) in [6, 6.07) is 7.89. The van der Waals surface area contributed by atoms with E-state index in [1.807, 2.05) is 25.1 Å². The van der Waals surface area contributed by atoms with E-state index in [2.05, 4.69) is 16.0 Å². The summed E-state index contributed by atoms with van der Waals surface area (Å²) in [4.78, 5) is 6.79. The Morgan fingerprint density at radius 1 is 1.37 bits per heavy atom. The van der Waals surface area contributed by atoms with Crippen molar-refractivity contribution in [2.45, 2.75) is 25.9 Å². The molecule has 1 unspecified atom stereocenters. The zero-order chi connectivity index (χ0) is 13.4.